The summed E-state index contributed by atoms with van der Waals surface area (Å²) in [5.74, 6) is 0.0760. The van der Waals surface area contributed by atoms with Crippen LogP contribution in [0.5, 0.6) is 0 Å². The van der Waals surface area contributed by atoms with Gasteiger partial charge in [0.25, 0.3) is 0 Å². The summed E-state index contributed by atoms with van der Waals surface area (Å²) < 4.78 is 9.87. The van der Waals surface area contributed by atoms with Crippen LogP contribution in [0.25, 0.3) is 0 Å². The maximum Gasteiger partial charge on any atom is 0.316 e. The summed E-state index contributed by atoms with van der Waals surface area (Å²) in [6.07, 6.45) is 1.73. The smallest absolute Gasteiger partial charge is 0.316 e. The third kappa shape index (κ3) is 6.56. The first-order valence-electron chi connectivity index (χ1n) is 6.20. The average Bonchev–Trinajstić information content (AvgIpc) is 2.43. The molecule has 0 atom stereocenters. The Labute approximate surface area is 118 Å². The molecule has 1 N–H and O–H groups in total. The number of pyridine rings is 1. The highest BCUT2D eigenvalue weighted by molar-refractivity contribution is 7.99. The van der Waals surface area contributed by atoms with Crippen LogP contribution in [0.1, 0.15) is 12.5 Å². The van der Waals surface area contributed by atoms with Gasteiger partial charge in [0.1, 0.15) is 5.03 Å². The minimum atomic E-state index is -0.212. The van der Waals surface area contributed by atoms with E-state index in [1.54, 1.807) is 20.2 Å². The molecule has 1 heterocycles. The van der Waals surface area contributed by atoms with E-state index < -0.39 is 0 Å². The number of carbonyl (C=O) groups excluding carboxylic acids is 1. The largest absolute Gasteiger partial charge is 0.465 e. The first kappa shape index (κ1) is 15.9. The van der Waals surface area contributed by atoms with Crippen LogP contribution < -0.4 is 5.32 Å². The zero-order valence-electron chi connectivity index (χ0n) is 11.3. The predicted molar refractivity (Wildman–Crippen MR) is 75.2 cm³/mol. The van der Waals surface area contributed by atoms with Crippen LogP contribution >= 0.6 is 11.8 Å². The van der Waals surface area contributed by atoms with Crippen LogP contribution in [0.3, 0.4) is 0 Å². The SMILES string of the molecule is CCOC(=O)CSc1ncccc1CNCCOC. The summed E-state index contributed by atoms with van der Waals surface area (Å²) in [5, 5.41) is 4.12. The van der Waals surface area contributed by atoms with E-state index in [4.69, 9.17) is 9.47 Å². The number of hydrogen-bond donors (Lipinski definition) is 1. The van der Waals surface area contributed by atoms with Crippen molar-refractivity contribution in [2.24, 2.45) is 0 Å². The number of methoxy groups -OCH3 is 1. The predicted octanol–water partition coefficient (Wildman–Crippen LogP) is 1.47. The highest BCUT2D eigenvalue weighted by Gasteiger charge is 2.08. The molecule has 0 spiro atoms. The molecule has 5 nitrogen and oxygen atoms in total. The Morgan fingerprint density at radius 2 is 2.37 bits per heavy atom. The Kier molecular flexibility index (Phi) is 8.20. The van der Waals surface area contributed by atoms with E-state index in [0.717, 1.165) is 17.1 Å². The second-order valence-electron chi connectivity index (χ2n) is 3.73. The highest BCUT2D eigenvalue weighted by atomic mass is 32.2. The maximum absolute atomic E-state index is 11.3. The normalized spacial score (nSPS) is 10.4. The summed E-state index contributed by atoms with van der Waals surface area (Å²) in [6.45, 7) is 4.38. The number of rotatable bonds is 9. The second-order valence-corrected chi connectivity index (χ2v) is 4.69. The number of aromatic nitrogens is 1. The molecule has 1 aromatic rings. The molecule has 0 amide bonds. The summed E-state index contributed by atoms with van der Waals surface area (Å²) >= 11 is 1.40. The fourth-order valence-corrected chi connectivity index (χ4v) is 2.21. The lowest BCUT2D eigenvalue weighted by Crippen LogP contribution is -2.19. The number of esters is 1. The maximum atomic E-state index is 11.3. The van der Waals surface area contributed by atoms with Crippen molar-refractivity contribution in [3.63, 3.8) is 0 Å². The third-order valence-corrected chi connectivity index (χ3v) is 3.30. The molecule has 0 bridgehead atoms. The number of hydrogen-bond acceptors (Lipinski definition) is 6. The molecule has 0 aliphatic carbocycles. The molecule has 0 aliphatic heterocycles. The molecule has 106 valence electrons. The van der Waals surface area contributed by atoms with E-state index >= 15 is 0 Å². The molecule has 0 radical (unpaired) electrons. The lowest BCUT2D eigenvalue weighted by molar-refractivity contribution is -0.139. The van der Waals surface area contributed by atoms with Gasteiger partial charge in [-0.25, -0.2) is 4.98 Å². The van der Waals surface area contributed by atoms with E-state index in [1.807, 2.05) is 12.1 Å². The molecule has 0 saturated heterocycles. The fraction of sp³-hybridized carbons (Fsp3) is 0.538. The van der Waals surface area contributed by atoms with Crippen molar-refractivity contribution in [3.8, 4) is 0 Å². The number of ether oxygens (including phenoxy) is 2. The van der Waals surface area contributed by atoms with Crippen molar-refractivity contribution in [1.82, 2.24) is 10.3 Å². The zero-order chi connectivity index (χ0) is 13.9. The molecule has 1 aromatic heterocycles. The van der Waals surface area contributed by atoms with Gasteiger partial charge in [-0.3, -0.25) is 4.79 Å². The van der Waals surface area contributed by atoms with E-state index in [9.17, 15) is 4.79 Å². The van der Waals surface area contributed by atoms with Crippen molar-refractivity contribution in [3.05, 3.63) is 23.9 Å². The Hall–Kier alpha value is -1.11. The molecule has 1 rings (SSSR count). The van der Waals surface area contributed by atoms with Gasteiger partial charge in [0, 0.05) is 26.4 Å². The van der Waals surface area contributed by atoms with Crippen molar-refractivity contribution >= 4 is 17.7 Å². The molecule has 0 aliphatic rings. The Balaban J connectivity index is 2.45. The minimum absolute atomic E-state index is 0.212. The fourth-order valence-electron chi connectivity index (χ4n) is 1.42. The van der Waals surface area contributed by atoms with E-state index in [0.29, 0.717) is 19.8 Å². The van der Waals surface area contributed by atoms with Crippen LogP contribution in [-0.2, 0) is 20.8 Å². The lowest BCUT2D eigenvalue weighted by atomic mass is 10.3. The molecular weight excluding hydrogens is 264 g/mol. The van der Waals surface area contributed by atoms with Crippen molar-refractivity contribution in [2.45, 2.75) is 18.5 Å². The van der Waals surface area contributed by atoms with Crippen LogP contribution in [0.2, 0.25) is 0 Å². The van der Waals surface area contributed by atoms with E-state index in [1.165, 1.54) is 11.8 Å². The topological polar surface area (TPSA) is 60.5 Å². The van der Waals surface area contributed by atoms with Gasteiger partial charge in [0.2, 0.25) is 0 Å². The highest BCUT2D eigenvalue weighted by Crippen LogP contribution is 2.19. The molecule has 0 unspecified atom stereocenters. The summed E-state index contributed by atoms with van der Waals surface area (Å²) in [5.41, 5.74) is 1.08. The van der Waals surface area contributed by atoms with Gasteiger partial charge in [-0.2, -0.15) is 0 Å². The summed E-state index contributed by atoms with van der Waals surface area (Å²) in [4.78, 5) is 15.6. The Morgan fingerprint density at radius 3 is 3.11 bits per heavy atom. The van der Waals surface area contributed by atoms with Gasteiger partial charge in [0.05, 0.1) is 19.0 Å². The summed E-state index contributed by atoms with van der Waals surface area (Å²) in [7, 11) is 1.67. The van der Waals surface area contributed by atoms with Gasteiger partial charge >= 0.3 is 5.97 Å². The Morgan fingerprint density at radius 1 is 1.53 bits per heavy atom. The molecule has 0 aromatic carbocycles. The molecule has 0 fully saturated rings. The number of thioether (sulfide) groups is 1. The number of nitrogens with one attached hydrogen (secondary N) is 1. The number of nitrogens with zero attached hydrogens (tertiary/aromatic N) is 1. The summed E-state index contributed by atoms with van der Waals surface area (Å²) in [6, 6.07) is 3.89. The molecule has 19 heavy (non-hydrogen) atoms. The van der Waals surface area contributed by atoms with Crippen LogP contribution in [-0.4, -0.2) is 43.6 Å². The Bertz CT molecular complexity index is 388. The van der Waals surface area contributed by atoms with Gasteiger partial charge in [0.15, 0.2) is 0 Å². The zero-order valence-corrected chi connectivity index (χ0v) is 12.2. The molecule has 6 heteroatoms. The van der Waals surface area contributed by atoms with Crippen molar-refractivity contribution in [1.29, 1.82) is 0 Å². The standard InChI is InChI=1S/C13H20N2O3S/c1-3-18-12(16)10-19-13-11(5-4-6-15-13)9-14-7-8-17-2/h4-6,14H,3,7-10H2,1-2H3. The van der Waals surface area contributed by atoms with E-state index in [2.05, 4.69) is 10.3 Å². The van der Waals surface area contributed by atoms with Crippen molar-refractivity contribution < 1.29 is 14.3 Å². The van der Waals surface area contributed by atoms with Crippen molar-refractivity contribution in [2.75, 3.05) is 32.6 Å². The van der Waals surface area contributed by atoms with Gasteiger partial charge in [-0.05, 0) is 18.6 Å². The van der Waals surface area contributed by atoms with Gasteiger partial charge in [-0.15, -0.1) is 0 Å². The first-order valence-corrected chi connectivity index (χ1v) is 7.18. The third-order valence-electron chi connectivity index (χ3n) is 2.28. The second kappa shape index (κ2) is 9.77. The van der Waals surface area contributed by atoms with Gasteiger partial charge in [-0.1, -0.05) is 17.8 Å². The molecular formula is C13H20N2O3S. The minimum Gasteiger partial charge on any atom is -0.465 e. The van der Waals surface area contributed by atoms with Crippen LogP contribution in [0.4, 0.5) is 0 Å². The molecule has 0 saturated carbocycles. The van der Waals surface area contributed by atoms with E-state index in [-0.39, 0.29) is 11.7 Å². The average molecular weight is 284 g/mol. The first-order chi connectivity index (χ1) is 9.27. The monoisotopic (exact) mass is 284 g/mol. The lowest BCUT2D eigenvalue weighted by Gasteiger charge is -2.08. The number of carbonyl (C=O) groups is 1. The van der Waals surface area contributed by atoms with Crippen LogP contribution in [0, 0.1) is 0 Å². The van der Waals surface area contributed by atoms with Crippen LogP contribution in [0.15, 0.2) is 23.4 Å². The quantitative estimate of drug-likeness (QED) is 0.421. The van der Waals surface area contributed by atoms with Gasteiger partial charge < -0.3 is 14.8 Å².